The molecule has 0 fully saturated rings. The fourth-order valence-corrected chi connectivity index (χ4v) is 8.70. The molecule has 2 atom stereocenters. The van der Waals surface area contributed by atoms with E-state index in [1.807, 2.05) is 84.9 Å². The molecule has 9 aromatic carbocycles. The van der Waals surface area contributed by atoms with E-state index in [0.29, 0.717) is 22.3 Å². The lowest BCUT2D eigenvalue weighted by molar-refractivity contribution is 0.0759. The third-order valence-electron chi connectivity index (χ3n) is 11.1. The van der Waals surface area contributed by atoms with Crippen molar-refractivity contribution in [1.82, 2.24) is 0 Å². The molecular formula is C50H34O2. The maximum atomic E-state index is 14.0. The molecule has 0 saturated carbocycles. The van der Waals surface area contributed by atoms with Gasteiger partial charge in [-0.05, 0) is 78.8 Å². The molecule has 0 amide bonds. The number of benzene rings is 9. The van der Waals surface area contributed by atoms with Gasteiger partial charge in [0.05, 0.1) is 0 Å². The van der Waals surface area contributed by atoms with Crippen LogP contribution in [0.25, 0.3) is 54.6 Å². The Balaban J connectivity index is 1.41. The zero-order valence-electron chi connectivity index (χ0n) is 28.4. The van der Waals surface area contributed by atoms with E-state index in [0.717, 1.165) is 65.7 Å². The second kappa shape index (κ2) is 11.6. The quantitative estimate of drug-likeness (QED) is 0.184. The van der Waals surface area contributed by atoms with Gasteiger partial charge in [-0.1, -0.05) is 170 Å². The summed E-state index contributed by atoms with van der Waals surface area (Å²) in [5.74, 6) is 0. The summed E-state index contributed by atoms with van der Waals surface area (Å²) in [6.07, 6.45) is 0. The van der Waals surface area contributed by atoms with Crippen LogP contribution in [-0.2, 0) is 11.2 Å². The first-order valence-corrected chi connectivity index (χ1v) is 17.8. The van der Waals surface area contributed by atoms with Crippen LogP contribution in [0.2, 0.25) is 0 Å². The van der Waals surface area contributed by atoms with E-state index in [4.69, 9.17) is 0 Å². The van der Waals surface area contributed by atoms with Crippen molar-refractivity contribution < 1.29 is 10.2 Å². The van der Waals surface area contributed by atoms with Crippen LogP contribution < -0.4 is 0 Å². The minimum atomic E-state index is -1.64. The van der Waals surface area contributed by atoms with Crippen LogP contribution in [0.5, 0.6) is 0 Å². The predicted octanol–water partition coefficient (Wildman–Crippen LogP) is 11.4. The number of fused-ring (bicyclic) bond motifs is 6. The highest BCUT2D eigenvalue weighted by molar-refractivity contribution is 6.08. The fourth-order valence-electron chi connectivity index (χ4n) is 8.70. The molecule has 0 bridgehead atoms. The molecule has 0 aromatic heterocycles. The van der Waals surface area contributed by atoms with Crippen molar-refractivity contribution in [3.05, 3.63) is 228 Å². The molecule has 2 N–H and O–H groups in total. The molecule has 9 aromatic rings. The van der Waals surface area contributed by atoms with Crippen LogP contribution in [0.1, 0.15) is 33.4 Å². The van der Waals surface area contributed by atoms with Crippen LogP contribution in [0, 0.1) is 0 Å². The molecule has 52 heavy (non-hydrogen) atoms. The summed E-state index contributed by atoms with van der Waals surface area (Å²) in [6.45, 7) is 0. The lowest BCUT2D eigenvalue weighted by atomic mass is 9.61. The average Bonchev–Trinajstić information content (AvgIpc) is 3.22. The Hall–Kier alpha value is -6.32. The van der Waals surface area contributed by atoms with Crippen molar-refractivity contribution >= 4 is 32.3 Å². The van der Waals surface area contributed by atoms with Gasteiger partial charge in [0.2, 0.25) is 0 Å². The molecule has 0 radical (unpaired) electrons. The Kier molecular flexibility index (Phi) is 6.81. The highest BCUT2D eigenvalue weighted by atomic mass is 16.3. The molecule has 1 aliphatic rings. The molecule has 0 spiro atoms. The van der Waals surface area contributed by atoms with Crippen LogP contribution >= 0.6 is 0 Å². The van der Waals surface area contributed by atoms with Crippen molar-refractivity contribution in [2.24, 2.45) is 0 Å². The van der Waals surface area contributed by atoms with Crippen molar-refractivity contribution in [3.8, 4) is 22.3 Å². The molecule has 0 aliphatic heterocycles. The Bertz CT molecular complexity index is 2820. The Morgan fingerprint density at radius 3 is 1.19 bits per heavy atom. The van der Waals surface area contributed by atoms with E-state index in [1.54, 1.807) is 0 Å². The van der Waals surface area contributed by atoms with Crippen LogP contribution in [0.15, 0.2) is 194 Å². The molecule has 2 nitrogen and oxygen atoms in total. The number of rotatable bonds is 4. The second-order valence-electron chi connectivity index (χ2n) is 13.9. The second-order valence-corrected chi connectivity index (χ2v) is 13.9. The largest absolute Gasteiger partial charge is 0.376 e. The number of hydrogen-bond donors (Lipinski definition) is 2. The van der Waals surface area contributed by atoms with E-state index in [9.17, 15) is 10.2 Å². The topological polar surface area (TPSA) is 40.5 Å². The van der Waals surface area contributed by atoms with Crippen molar-refractivity contribution in [2.75, 3.05) is 0 Å². The molecular weight excluding hydrogens is 633 g/mol. The molecule has 246 valence electrons. The van der Waals surface area contributed by atoms with Crippen LogP contribution in [0.3, 0.4) is 0 Å². The minimum absolute atomic E-state index is 0.659. The Labute approximate surface area is 302 Å². The zero-order valence-corrected chi connectivity index (χ0v) is 28.4. The summed E-state index contributed by atoms with van der Waals surface area (Å²) in [5.41, 5.74) is 4.78. The summed E-state index contributed by atoms with van der Waals surface area (Å²) in [6, 6.07) is 66.2. The van der Waals surface area contributed by atoms with Gasteiger partial charge in [-0.25, -0.2) is 0 Å². The maximum Gasteiger partial charge on any atom is 0.142 e. The van der Waals surface area contributed by atoms with Gasteiger partial charge in [0, 0.05) is 33.4 Å². The summed E-state index contributed by atoms with van der Waals surface area (Å²) in [7, 11) is 0. The molecule has 1 aliphatic carbocycles. The summed E-state index contributed by atoms with van der Waals surface area (Å²) >= 11 is 0. The first-order chi connectivity index (χ1) is 25.5. The van der Waals surface area contributed by atoms with Gasteiger partial charge in [-0.15, -0.1) is 0 Å². The summed E-state index contributed by atoms with van der Waals surface area (Å²) in [4.78, 5) is 0. The highest BCUT2D eigenvalue weighted by Gasteiger charge is 2.52. The minimum Gasteiger partial charge on any atom is -0.376 e. The van der Waals surface area contributed by atoms with Gasteiger partial charge in [0.15, 0.2) is 0 Å². The van der Waals surface area contributed by atoms with Crippen LogP contribution in [-0.4, -0.2) is 10.2 Å². The first kappa shape index (κ1) is 30.5. The van der Waals surface area contributed by atoms with Gasteiger partial charge in [0.25, 0.3) is 0 Å². The SMILES string of the molecule is OC1(c2ccccc2-c2ccccc2)c2cc3ccccc3cc2C(O)(c2ccccc2-c2ccccc2)c2cc3c(ccc4ccccc43)cc21. The van der Waals surface area contributed by atoms with Gasteiger partial charge in [-0.3, -0.25) is 0 Å². The predicted molar refractivity (Wildman–Crippen MR) is 213 cm³/mol. The third kappa shape index (κ3) is 4.39. The number of aliphatic hydroxyl groups is 2. The van der Waals surface area contributed by atoms with Gasteiger partial charge >= 0.3 is 0 Å². The van der Waals surface area contributed by atoms with E-state index in [2.05, 4.69) is 109 Å². The lowest BCUT2D eigenvalue weighted by Gasteiger charge is -2.46. The molecule has 2 unspecified atom stereocenters. The molecule has 0 saturated heterocycles. The standard InChI is InChI=1S/C50H34O2/c51-49(43-25-13-11-23-40(43)33-15-3-1-4-16-33)45-29-36-20-7-8-21-37(36)30-46(45)50(52,44-26-14-12-24-41(44)34-17-5-2-6-18-34)48-32-42-38(31-47(48)49)28-27-35-19-9-10-22-39(35)42/h1-32,51-52H. The smallest absolute Gasteiger partial charge is 0.142 e. The Morgan fingerprint density at radius 2 is 0.654 bits per heavy atom. The molecule has 0 heterocycles. The normalized spacial score (nSPS) is 18.0. The van der Waals surface area contributed by atoms with Crippen molar-refractivity contribution in [1.29, 1.82) is 0 Å². The average molecular weight is 667 g/mol. The van der Waals surface area contributed by atoms with Crippen molar-refractivity contribution in [2.45, 2.75) is 11.2 Å². The highest BCUT2D eigenvalue weighted by Crippen LogP contribution is 2.57. The van der Waals surface area contributed by atoms with E-state index >= 15 is 0 Å². The summed E-state index contributed by atoms with van der Waals surface area (Å²) in [5, 5.41) is 34.2. The van der Waals surface area contributed by atoms with E-state index in [1.165, 1.54) is 0 Å². The van der Waals surface area contributed by atoms with E-state index < -0.39 is 11.2 Å². The molecule has 10 rings (SSSR count). The lowest BCUT2D eigenvalue weighted by Crippen LogP contribution is -2.44. The van der Waals surface area contributed by atoms with Gasteiger partial charge in [-0.2, -0.15) is 0 Å². The van der Waals surface area contributed by atoms with Gasteiger partial charge < -0.3 is 10.2 Å². The number of hydrogen-bond acceptors (Lipinski definition) is 2. The van der Waals surface area contributed by atoms with Gasteiger partial charge in [0.1, 0.15) is 11.2 Å². The summed E-state index contributed by atoms with van der Waals surface area (Å²) < 4.78 is 0. The third-order valence-corrected chi connectivity index (χ3v) is 11.1. The van der Waals surface area contributed by atoms with Crippen LogP contribution in [0.4, 0.5) is 0 Å². The Morgan fingerprint density at radius 1 is 0.269 bits per heavy atom. The first-order valence-electron chi connectivity index (χ1n) is 17.8. The maximum absolute atomic E-state index is 14.0. The van der Waals surface area contributed by atoms with Crippen molar-refractivity contribution in [3.63, 3.8) is 0 Å². The fraction of sp³-hybridized carbons (Fsp3) is 0.0400. The molecule has 2 heteroatoms. The monoisotopic (exact) mass is 666 g/mol. The zero-order chi connectivity index (χ0) is 34.9. The van der Waals surface area contributed by atoms with E-state index in [-0.39, 0.29) is 0 Å².